The number of nitrogens with zero attached hydrogens (tertiary/aromatic N) is 3. The number of aliphatic hydroxyl groups is 1. The molecule has 0 amide bonds. The highest BCUT2D eigenvalue weighted by molar-refractivity contribution is 6.21. The van der Waals surface area contributed by atoms with Crippen LogP contribution in [0.25, 0.3) is 16.6 Å². The Kier molecular flexibility index (Phi) is 4.94. The molecule has 160 valence electrons. The molecule has 0 atom stereocenters. The van der Waals surface area contributed by atoms with Crippen molar-refractivity contribution in [3.05, 3.63) is 95.3 Å². The number of hydrogen-bond acceptors (Lipinski definition) is 5. The molecule has 3 N–H and O–H groups in total. The van der Waals surface area contributed by atoms with E-state index in [1.54, 1.807) is 31.5 Å². The lowest BCUT2D eigenvalue weighted by Gasteiger charge is -2.28. The van der Waals surface area contributed by atoms with Crippen molar-refractivity contribution in [3.8, 4) is 0 Å². The predicted molar refractivity (Wildman–Crippen MR) is 126 cm³/mol. The van der Waals surface area contributed by atoms with Crippen molar-refractivity contribution in [2.75, 3.05) is 0 Å². The minimum absolute atomic E-state index is 0.433. The van der Waals surface area contributed by atoms with E-state index in [0.717, 1.165) is 35.3 Å². The van der Waals surface area contributed by atoms with Gasteiger partial charge < -0.3 is 15.5 Å². The molecule has 3 aromatic heterocycles. The molecule has 32 heavy (non-hydrogen) atoms. The maximum Gasteiger partial charge on any atom is 0.176 e. The number of imidazole rings is 1. The summed E-state index contributed by atoms with van der Waals surface area (Å²) in [6.45, 7) is 3.69. The molecule has 1 saturated carbocycles. The van der Waals surface area contributed by atoms with Gasteiger partial charge in [0.05, 0.1) is 22.4 Å². The lowest BCUT2D eigenvalue weighted by atomic mass is 9.83. The van der Waals surface area contributed by atoms with Gasteiger partial charge in [0.15, 0.2) is 5.60 Å². The van der Waals surface area contributed by atoms with Crippen molar-refractivity contribution in [2.45, 2.75) is 38.2 Å². The molecular weight excluding hydrogens is 398 g/mol. The van der Waals surface area contributed by atoms with Crippen LogP contribution in [-0.2, 0) is 5.60 Å². The fourth-order valence-electron chi connectivity index (χ4n) is 4.28. The Hall–Kier alpha value is -3.64. The van der Waals surface area contributed by atoms with Crippen molar-refractivity contribution in [2.24, 2.45) is 0 Å². The number of aromatic amines is 1. The van der Waals surface area contributed by atoms with E-state index in [4.69, 9.17) is 10.4 Å². The fourth-order valence-corrected chi connectivity index (χ4v) is 4.28. The summed E-state index contributed by atoms with van der Waals surface area (Å²) in [7, 11) is 0. The zero-order chi connectivity index (χ0) is 22.3. The SMILES string of the molecule is CC=C(C(C)=N)c1cc(C(O)(c2ccccn2)c2ccccn2)c2nc(C3CC3)[nH]c2c1. The molecule has 4 aromatic rings. The van der Waals surface area contributed by atoms with Crippen molar-refractivity contribution in [3.63, 3.8) is 0 Å². The summed E-state index contributed by atoms with van der Waals surface area (Å²) < 4.78 is 0. The Balaban J connectivity index is 1.86. The Morgan fingerprint density at radius 1 is 1.09 bits per heavy atom. The Bertz CT molecular complexity index is 1280. The molecule has 0 saturated heterocycles. The predicted octanol–water partition coefficient (Wildman–Crippen LogP) is 4.96. The van der Waals surface area contributed by atoms with Gasteiger partial charge in [-0.2, -0.15) is 0 Å². The number of benzene rings is 1. The molecule has 0 aliphatic heterocycles. The van der Waals surface area contributed by atoms with Crippen molar-refractivity contribution < 1.29 is 5.11 Å². The summed E-state index contributed by atoms with van der Waals surface area (Å²) in [5.41, 5.74) is 3.59. The average molecular weight is 424 g/mol. The molecule has 0 spiro atoms. The molecule has 6 nitrogen and oxygen atoms in total. The van der Waals surface area contributed by atoms with E-state index in [0.29, 0.717) is 34.1 Å². The van der Waals surface area contributed by atoms with Crippen LogP contribution in [0.15, 0.2) is 67.0 Å². The van der Waals surface area contributed by atoms with E-state index in [-0.39, 0.29) is 0 Å². The second kappa shape index (κ2) is 7.80. The first-order valence-corrected chi connectivity index (χ1v) is 10.8. The standard InChI is InChI=1S/C26H25N5O/c1-3-19(16(2)27)18-14-20(24-21(15-18)30-25(31-24)17-10-11-17)26(32,22-8-4-6-12-28-22)23-9-5-7-13-29-23/h3-9,12-15,17,27,32H,10-11H2,1-2H3,(H,30,31). The summed E-state index contributed by atoms with van der Waals surface area (Å²) in [4.78, 5) is 17.4. The van der Waals surface area contributed by atoms with Gasteiger partial charge in [-0.15, -0.1) is 0 Å². The maximum atomic E-state index is 12.4. The highest BCUT2D eigenvalue weighted by atomic mass is 16.3. The number of aromatic nitrogens is 4. The second-order valence-electron chi connectivity index (χ2n) is 8.28. The lowest BCUT2D eigenvalue weighted by Crippen LogP contribution is -2.31. The number of nitrogens with one attached hydrogen (secondary N) is 2. The number of allylic oxidation sites excluding steroid dienone is 2. The highest BCUT2D eigenvalue weighted by Gasteiger charge is 2.40. The van der Waals surface area contributed by atoms with Crippen LogP contribution < -0.4 is 0 Å². The normalized spacial score (nSPS) is 14.7. The third-order valence-electron chi connectivity index (χ3n) is 6.03. The van der Waals surface area contributed by atoms with Crippen LogP contribution in [-0.4, -0.2) is 30.8 Å². The molecule has 1 aliphatic rings. The molecule has 3 heterocycles. The lowest BCUT2D eigenvalue weighted by molar-refractivity contribution is 0.117. The largest absolute Gasteiger partial charge is 0.373 e. The van der Waals surface area contributed by atoms with Crippen LogP contribution in [0.3, 0.4) is 0 Å². The van der Waals surface area contributed by atoms with Gasteiger partial charge >= 0.3 is 0 Å². The summed E-state index contributed by atoms with van der Waals surface area (Å²) in [6, 6.07) is 14.9. The van der Waals surface area contributed by atoms with Crippen LogP contribution in [0.4, 0.5) is 0 Å². The van der Waals surface area contributed by atoms with Gasteiger partial charge in [-0.05, 0) is 74.2 Å². The highest BCUT2D eigenvalue weighted by Crippen LogP contribution is 2.43. The van der Waals surface area contributed by atoms with Crippen molar-refractivity contribution in [1.29, 1.82) is 5.41 Å². The van der Waals surface area contributed by atoms with Crippen LogP contribution in [0.1, 0.15) is 60.9 Å². The van der Waals surface area contributed by atoms with Gasteiger partial charge in [0.1, 0.15) is 5.82 Å². The topological polar surface area (TPSA) is 98.5 Å². The van der Waals surface area contributed by atoms with Gasteiger partial charge in [-0.1, -0.05) is 18.2 Å². The second-order valence-corrected chi connectivity index (χ2v) is 8.28. The third-order valence-corrected chi connectivity index (χ3v) is 6.03. The smallest absolute Gasteiger partial charge is 0.176 e. The molecule has 5 rings (SSSR count). The molecule has 1 aromatic carbocycles. The summed E-state index contributed by atoms with van der Waals surface area (Å²) in [5.74, 6) is 1.37. The quantitative estimate of drug-likeness (QED) is 0.382. The Labute approximate surface area is 186 Å². The number of hydrogen-bond donors (Lipinski definition) is 3. The van der Waals surface area contributed by atoms with Gasteiger partial charge in [-0.25, -0.2) is 4.98 Å². The third kappa shape index (κ3) is 3.33. The van der Waals surface area contributed by atoms with E-state index in [2.05, 4.69) is 15.0 Å². The number of H-pyrrole nitrogens is 1. The van der Waals surface area contributed by atoms with E-state index >= 15 is 0 Å². The summed E-state index contributed by atoms with van der Waals surface area (Å²) in [6.07, 6.45) is 7.50. The number of pyridine rings is 2. The Morgan fingerprint density at radius 3 is 2.25 bits per heavy atom. The molecular formula is C26H25N5O. The van der Waals surface area contributed by atoms with Crippen LogP contribution in [0.2, 0.25) is 0 Å². The number of rotatable bonds is 6. The first-order valence-electron chi connectivity index (χ1n) is 10.8. The summed E-state index contributed by atoms with van der Waals surface area (Å²) in [5, 5.41) is 20.6. The van der Waals surface area contributed by atoms with Crippen LogP contribution in [0, 0.1) is 5.41 Å². The first kappa shape index (κ1) is 20.3. The van der Waals surface area contributed by atoms with Gasteiger partial charge in [0.25, 0.3) is 0 Å². The zero-order valence-electron chi connectivity index (χ0n) is 18.1. The number of fused-ring (bicyclic) bond motifs is 1. The van der Waals surface area contributed by atoms with E-state index in [1.165, 1.54) is 0 Å². The summed E-state index contributed by atoms with van der Waals surface area (Å²) >= 11 is 0. The van der Waals surface area contributed by atoms with E-state index < -0.39 is 5.60 Å². The maximum absolute atomic E-state index is 12.4. The zero-order valence-corrected chi connectivity index (χ0v) is 18.1. The van der Waals surface area contributed by atoms with Gasteiger partial charge in [0, 0.05) is 29.6 Å². The van der Waals surface area contributed by atoms with Gasteiger partial charge in [-0.3, -0.25) is 9.97 Å². The van der Waals surface area contributed by atoms with Crippen LogP contribution >= 0.6 is 0 Å². The fraction of sp³-hybridized carbons (Fsp3) is 0.231. The molecule has 0 radical (unpaired) electrons. The molecule has 1 fully saturated rings. The molecule has 6 heteroatoms. The van der Waals surface area contributed by atoms with Crippen molar-refractivity contribution in [1.82, 2.24) is 19.9 Å². The monoisotopic (exact) mass is 423 g/mol. The minimum Gasteiger partial charge on any atom is -0.373 e. The van der Waals surface area contributed by atoms with E-state index in [1.807, 2.05) is 49.4 Å². The Morgan fingerprint density at radius 2 is 1.75 bits per heavy atom. The van der Waals surface area contributed by atoms with E-state index in [9.17, 15) is 5.11 Å². The first-order chi connectivity index (χ1) is 15.5. The minimum atomic E-state index is -1.61. The molecule has 0 unspecified atom stereocenters. The van der Waals surface area contributed by atoms with Crippen molar-refractivity contribution >= 4 is 22.3 Å². The van der Waals surface area contributed by atoms with Crippen LogP contribution in [0.5, 0.6) is 0 Å². The van der Waals surface area contributed by atoms with Gasteiger partial charge in [0.2, 0.25) is 0 Å². The molecule has 1 aliphatic carbocycles. The molecule has 0 bridgehead atoms. The average Bonchev–Trinajstić information content (AvgIpc) is 3.58.